The summed E-state index contributed by atoms with van der Waals surface area (Å²) in [6.07, 6.45) is 3.52. The van der Waals surface area contributed by atoms with Crippen molar-refractivity contribution in [3.8, 4) is 0 Å². The van der Waals surface area contributed by atoms with Crippen molar-refractivity contribution in [2.24, 2.45) is 5.41 Å². The molecule has 0 aromatic heterocycles. The van der Waals surface area contributed by atoms with Crippen molar-refractivity contribution in [3.63, 3.8) is 0 Å². The van der Waals surface area contributed by atoms with Crippen molar-refractivity contribution >= 4 is 23.6 Å². The highest BCUT2D eigenvalue weighted by molar-refractivity contribution is 5.93. The fourth-order valence-electron chi connectivity index (χ4n) is 7.36. The van der Waals surface area contributed by atoms with Crippen LogP contribution in [-0.4, -0.2) is 372 Å². The molecule has 0 unspecified atom stereocenters. The highest BCUT2D eigenvalue weighted by Gasteiger charge is 2.21. The Morgan fingerprint density at radius 3 is 0.694 bits per heavy atom. The molecule has 0 spiro atoms. The molecule has 0 saturated heterocycles. The molecule has 32 nitrogen and oxygen atoms in total. The van der Waals surface area contributed by atoms with E-state index in [1.165, 1.54) is 11.0 Å². The van der Waals surface area contributed by atoms with E-state index in [4.69, 9.17) is 114 Å². The zero-order valence-corrected chi connectivity index (χ0v) is 59.4. The zero-order valence-electron chi connectivity index (χ0n) is 59.4. The van der Waals surface area contributed by atoms with Gasteiger partial charge in [0.25, 0.3) is 5.91 Å². The molecule has 1 heterocycles. The number of amides is 4. The van der Waals surface area contributed by atoms with E-state index in [1.54, 1.807) is 6.08 Å². The van der Waals surface area contributed by atoms with Crippen molar-refractivity contribution in [2.75, 3.05) is 343 Å². The second kappa shape index (κ2) is 74.6. The third-order valence-electron chi connectivity index (χ3n) is 12.6. The Kier molecular flexibility index (Phi) is 70.3. The van der Waals surface area contributed by atoms with Crippen LogP contribution in [0.1, 0.15) is 33.6 Å². The summed E-state index contributed by atoms with van der Waals surface area (Å²) in [6, 6.07) is 0. The highest BCUT2D eigenvalue weighted by atomic mass is 16.6. The van der Waals surface area contributed by atoms with Gasteiger partial charge in [0.15, 0.2) is 0 Å². The summed E-state index contributed by atoms with van der Waals surface area (Å²) >= 11 is 0. The molecule has 0 aliphatic carbocycles. The summed E-state index contributed by atoms with van der Waals surface area (Å²) in [5.41, 5.74) is 0.141. The van der Waals surface area contributed by atoms with Gasteiger partial charge in [0.1, 0.15) is 0 Å². The lowest BCUT2D eigenvalue weighted by atomic mass is 9.96. The van der Waals surface area contributed by atoms with E-state index in [9.17, 15) is 19.2 Å². The molecule has 0 fully saturated rings. The number of hydrogen-bond donors (Lipinski definition) is 3. The molecule has 0 atom stereocenters. The average molecular weight is 1420 g/mol. The van der Waals surface area contributed by atoms with E-state index >= 15 is 0 Å². The second-order valence-corrected chi connectivity index (χ2v) is 21.7. The Morgan fingerprint density at radius 1 is 0.286 bits per heavy atom. The standard InChI is InChI=1S/C66H124N4O28/c1-61-5-6-64(73)70(61)12-7-62(71)68-11-14-76-16-18-78-20-22-80-24-26-82-28-30-84-32-34-86-36-38-88-40-42-90-44-46-92-48-50-94-52-54-96-56-58-98-60-59-97-57-55-95-53-51-93-49-47-91-45-43-89-41-39-87-37-35-85-33-31-83-29-27-81-25-23-79-21-19-77-17-15-75-13-8-63(72)67-9-10-69-65(74)66(2,3)4/h5-6H,1,7-60H2,2-4H3,(H,67,72)(H,68,71)(H,69,74). The topological polar surface area (TPSA) is 329 Å². The van der Waals surface area contributed by atoms with Crippen LogP contribution < -0.4 is 16.0 Å². The van der Waals surface area contributed by atoms with Gasteiger partial charge in [0, 0.05) is 56.2 Å². The maximum Gasteiger partial charge on any atom is 0.251 e. The number of ether oxygens (including phenoxy) is 24. The molecule has 4 amide bonds. The third kappa shape index (κ3) is 69.5. The molecule has 0 bridgehead atoms. The number of allylic oxidation sites excluding steroid dienone is 1. The maximum absolute atomic E-state index is 11.9. The molecule has 576 valence electrons. The van der Waals surface area contributed by atoms with Gasteiger partial charge in [-0.25, -0.2) is 0 Å². The maximum atomic E-state index is 11.9. The molecule has 0 aromatic rings. The van der Waals surface area contributed by atoms with Crippen LogP contribution in [-0.2, 0) is 133 Å². The van der Waals surface area contributed by atoms with Gasteiger partial charge >= 0.3 is 0 Å². The van der Waals surface area contributed by atoms with Gasteiger partial charge in [-0.1, -0.05) is 27.4 Å². The summed E-state index contributed by atoms with van der Waals surface area (Å²) in [5, 5.41) is 8.30. The molecule has 0 radical (unpaired) electrons. The number of carbonyl (C=O) groups excluding carboxylic acids is 4. The van der Waals surface area contributed by atoms with Gasteiger partial charge in [0.2, 0.25) is 17.7 Å². The van der Waals surface area contributed by atoms with Gasteiger partial charge in [-0.15, -0.1) is 0 Å². The monoisotopic (exact) mass is 1420 g/mol. The molecule has 1 aliphatic heterocycles. The number of nitrogens with one attached hydrogen (secondary N) is 3. The molecule has 98 heavy (non-hydrogen) atoms. The SMILES string of the molecule is C=C1C=CC(=O)N1CCC(=O)NCCOCCOCCOCCOCCOCCOCCOCCOCCOCCOCCOCCOCCOCCOCCOCCOCCOCCOCCOCCOCCOCCOCCOCCOCCC(=O)NCCNC(=O)C(C)(C)C. The Bertz CT molecular complexity index is 1800. The normalized spacial score (nSPS) is 12.5. The van der Waals surface area contributed by atoms with Crippen LogP contribution in [0.4, 0.5) is 0 Å². The minimum absolute atomic E-state index is 0.0529. The second-order valence-electron chi connectivity index (χ2n) is 21.7. The highest BCUT2D eigenvalue weighted by Crippen LogP contribution is 2.13. The van der Waals surface area contributed by atoms with Crippen LogP contribution in [0.5, 0.6) is 0 Å². The summed E-state index contributed by atoms with van der Waals surface area (Å²) < 4.78 is 132. The molecular formula is C66H124N4O28. The minimum atomic E-state index is -0.455. The van der Waals surface area contributed by atoms with Gasteiger partial charge in [0.05, 0.1) is 317 Å². The number of hydrogen-bond acceptors (Lipinski definition) is 28. The van der Waals surface area contributed by atoms with Crippen LogP contribution >= 0.6 is 0 Å². The molecule has 0 aromatic carbocycles. The fourth-order valence-corrected chi connectivity index (χ4v) is 7.36. The van der Waals surface area contributed by atoms with Crippen molar-refractivity contribution < 1.29 is 133 Å². The summed E-state index contributed by atoms with van der Waals surface area (Å²) in [7, 11) is 0. The van der Waals surface area contributed by atoms with Gasteiger partial charge in [-0.3, -0.25) is 19.2 Å². The molecule has 32 heteroatoms. The van der Waals surface area contributed by atoms with E-state index in [0.29, 0.717) is 349 Å². The van der Waals surface area contributed by atoms with Gasteiger partial charge < -0.3 is 135 Å². The number of carbonyl (C=O) groups is 4. The summed E-state index contributed by atoms with van der Waals surface area (Å²) in [6.45, 7) is 32.6. The quantitative estimate of drug-likeness (QED) is 0.0697. The summed E-state index contributed by atoms with van der Waals surface area (Å²) in [4.78, 5) is 48.7. The first-order valence-electron chi connectivity index (χ1n) is 34.5. The van der Waals surface area contributed by atoms with E-state index in [0.717, 1.165) is 0 Å². The van der Waals surface area contributed by atoms with Crippen molar-refractivity contribution in [1.29, 1.82) is 0 Å². The van der Waals surface area contributed by atoms with Crippen molar-refractivity contribution in [1.82, 2.24) is 20.9 Å². The number of nitrogens with zero attached hydrogens (tertiary/aromatic N) is 1. The minimum Gasteiger partial charge on any atom is -0.379 e. The Hall–Kier alpha value is -3.60. The van der Waals surface area contributed by atoms with Crippen LogP contribution in [0.2, 0.25) is 0 Å². The van der Waals surface area contributed by atoms with Crippen LogP contribution in [0.15, 0.2) is 24.4 Å². The van der Waals surface area contributed by atoms with Gasteiger partial charge in [-0.2, -0.15) is 0 Å². The molecule has 1 aliphatic rings. The van der Waals surface area contributed by atoms with Gasteiger partial charge in [-0.05, 0) is 6.08 Å². The molecule has 1 rings (SSSR count). The van der Waals surface area contributed by atoms with E-state index < -0.39 is 5.41 Å². The number of rotatable bonds is 81. The van der Waals surface area contributed by atoms with Crippen LogP contribution in [0, 0.1) is 5.41 Å². The first-order valence-corrected chi connectivity index (χ1v) is 34.5. The predicted molar refractivity (Wildman–Crippen MR) is 357 cm³/mol. The Labute approximate surface area is 582 Å². The third-order valence-corrected chi connectivity index (χ3v) is 12.6. The lowest BCUT2D eigenvalue weighted by Gasteiger charge is -2.17. The first-order chi connectivity index (χ1) is 48.1. The lowest BCUT2D eigenvalue weighted by Crippen LogP contribution is -2.40. The van der Waals surface area contributed by atoms with Crippen LogP contribution in [0.3, 0.4) is 0 Å². The van der Waals surface area contributed by atoms with E-state index in [2.05, 4.69) is 22.5 Å². The summed E-state index contributed by atoms with van der Waals surface area (Å²) in [5.74, 6) is -0.483. The first kappa shape index (κ1) is 92.4. The van der Waals surface area contributed by atoms with Crippen molar-refractivity contribution in [2.45, 2.75) is 33.6 Å². The average Bonchev–Trinajstić information content (AvgIpc) is 1.77. The lowest BCUT2D eigenvalue weighted by molar-refractivity contribution is -0.129. The molecule has 3 N–H and O–H groups in total. The van der Waals surface area contributed by atoms with Crippen molar-refractivity contribution in [3.05, 3.63) is 24.4 Å². The Morgan fingerprint density at radius 2 is 0.480 bits per heavy atom. The van der Waals surface area contributed by atoms with E-state index in [-0.39, 0.29) is 36.5 Å². The fraction of sp³-hybridized carbons (Fsp3) is 0.879. The smallest absolute Gasteiger partial charge is 0.251 e. The van der Waals surface area contributed by atoms with E-state index in [1.807, 2.05) is 20.8 Å². The largest absolute Gasteiger partial charge is 0.379 e. The molecule has 0 saturated carbocycles. The predicted octanol–water partition coefficient (Wildman–Crippen LogP) is 0.472. The molecular weight excluding hydrogens is 1300 g/mol. The Balaban J connectivity index is 1.60. The van der Waals surface area contributed by atoms with Crippen LogP contribution in [0.25, 0.3) is 0 Å². The zero-order chi connectivity index (χ0) is 70.7.